The minimum atomic E-state index is -3.50. The molecule has 0 aliphatic carbocycles. The van der Waals surface area contributed by atoms with Gasteiger partial charge in [0.15, 0.2) is 0 Å². The van der Waals surface area contributed by atoms with Gasteiger partial charge in [0.1, 0.15) is 0 Å². The van der Waals surface area contributed by atoms with E-state index in [-0.39, 0.29) is 6.04 Å². The molecule has 4 rings (SSSR count). The van der Waals surface area contributed by atoms with E-state index in [0.717, 1.165) is 37.3 Å². The molecule has 1 atom stereocenters. The van der Waals surface area contributed by atoms with Crippen molar-refractivity contribution in [1.29, 1.82) is 0 Å². The van der Waals surface area contributed by atoms with Gasteiger partial charge in [0.25, 0.3) is 0 Å². The molecular formula is C19H26N4O2S. The van der Waals surface area contributed by atoms with Crippen LogP contribution in [0.5, 0.6) is 0 Å². The first-order valence-corrected chi connectivity index (χ1v) is 10.8. The van der Waals surface area contributed by atoms with Crippen molar-refractivity contribution in [2.75, 3.05) is 26.2 Å². The van der Waals surface area contributed by atoms with E-state index >= 15 is 0 Å². The zero-order chi connectivity index (χ0) is 18.1. The number of benzene rings is 1. The van der Waals surface area contributed by atoms with Crippen LogP contribution in [0.1, 0.15) is 36.6 Å². The molecule has 140 valence electrons. The highest BCUT2D eigenvalue weighted by molar-refractivity contribution is 7.89. The Hall–Kier alpha value is -1.70. The van der Waals surface area contributed by atoms with E-state index < -0.39 is 10.0 Å². The molecule has 0 spiro atoms. The van der Waals surface area contributed by atoms with E-state index in [0.29, 0.717) is 18.0 Å². The van der Waals surface area contributed by atoms with Crippen LogP contribution in [0.3, 0.4) is 0 Å². The van der Waals surface area contributed by atoms with Gasteiger partial charge in [0, 0.05) is 19.3 Å². The highest BCUT2D eigenvalue weighted by Crippen LogP contribution is 2.29. The molecule has 6 nitrogen and oxygen atoms in total. The number of hydrogen-bond acceptors (Lipinski definition) is 4. The van der Waals surface area contributed by atoms with Crippen LogP contribution in [0.25, 0.3) is 0 Å². The lowest BCUT2D eigenvalue weighted by molar-refractivity contribution is 0.226. The number of sulfonamides is 1. The second-order valence-corrected chi connectivity index (χ2v) is 9.23. The van der Waals surface area contributed by atoms with Crippen LogP contribution in [-0.2, 0) is 16.6 Å². The summed E-state index contributed by atoms with van der Waals surface area (Å²) in [7, 11) is -3.50. The lowest BCUT2D eigenvalue weighted by atomic mass is 10.1. The Bertz CT molecular complexity index is 871. The monoisotopic (exact) mass is 374 g/mol. The summed E-state index contributed by atoms with van der Waals surface area (Å²) < 4.78 is 30.1. The smallest absolute Gasteiger partial charge is 0.243 e. The zero-order valence-corrected chi connectivity index (χ0v) is 16.0. The van der Waals surface area contributed by atoms with Gasteiger partial charge >= 0.3 is 0 Å². The quantitative estimate of drug-likeness (QED) is 0.806. The molecule has 0 amide bonds. The summed E-state index contributed by atoms with van der Waals surface area (Å²) >= 11 is 0. The second-order valence-electron chi connectivity index (χ2n) is 7.32. The SMILES string of the molecule is Cc1ccccc1S(=O)(=O)N1Cc2ccnn2[C@@H](CCN2CCCC2)C1. The average molecular weight is 375 g/mol. The molecule has 0 N–H and O–H groups in total. The largest absolute Gasteiger partial charge is 0.303 e. The fourth-order valence-electron chi connectivity index (χ4n) is 4.07. The minimum Gasteiger partial charge on any atom is -0.303 e. The summed E-state index contributed by atoms with van der Waals surface area (Å²) in [4.78, 5) is 2.88. The van der Waals surface area contributed by atoms with Crippen molar-refractivity contribution in [3.05, 3.63) is 47.8 Å². The summed E-state index contributed by atoms with van der Waals surface area (Å²) in [5.41, 5.74) is 1.76. The second kappa shape index (κ2) is 7.13. The number of hydrogen-bond donors (Lipinski definition) is 0. The molecular weight excluding hydrogens is 348 g/mol. The minimum absolute atomic E-state index is 0.0909. The number of nitrogens with zero attached hydrogens (tertiary/aromatic N) is 4. The first kappa shape index (κ1) is 17.7. The molecule has 2 aromatic rings. The Kier molecular flexibility index (Phi) is 4.86. The first-order valence-electron chi connectivity index (χ1n) is 9.36. The molecule has 7 heteroatoms. The summed E-state index contributed by atoms with van der Waals surface area (Å²) in [6.07, 6.45) is 5.24. The van der Waals surface area contributed by atoms with Gasteiger partial charge in [-0.25, -0.2) is 8.42 Å². The van der Waals surface area contributed by atoms with E-state index in [2.05, 4.69) is 10.00 Å². The van der Waals surface area contributed by atoms with Crippen LogP contribution >= 0.6 is 0 Å². The molecule has 1 saturated heterocycles. The molecule has 0 bridgehead atoms. The van der Waals surface area contributed by atoms with E-state index in [9.17, 15) is 8.42 Å². The first-order chi connectivity index (χ1) is 12.6. The molecule has 1 fully saturated rings. The summed E-state index contributed by atoms with van der Waals surface area (Å²) in [5.74, 6) is 0. The van der Waals surface area contributed by atoms with Gasteiger partial charge in [0.2, 0.25) is 10.0 Å². The topological polar surface area (TPSA) is 58.4 Å². The average Bonchev–Trinajstić information content (AvgIpc) is 3.31. The highest BCUT2D eigenvalue weighted by atomic mass is 32.2. The number of aromatic nitrogens is 2. The van der Waals surface area contributed by atoms with E-state index in [1.165, 1.54) is 12.8 Å². The Morgan fingerprint density at radius 1 is 1.15 bits per heavy atom. The molecule has 26 heavy (non-hydrogen) atoms. The fraction of sp³-hybridized carbons (Fsp3) is 0.526. The zero-order valence-electron chi connectivity index (χ0n) is 15.2. The van der Waals surface area contributed by atoms with Crippen molar-refractivity contribution < 1.29 is 8.42 Å². The van der Waals surface area contributed by atoms with Crippen molar-refractivity contribution in [1.82, 2.24) is 19.0 Å². The van der Waals surface area contributed by atoms with Gasteiger partial charge in [-0.15, -0.1) is 0 Å². The van der Waals surface area contributed by atoms with Gasteiger partial charge in [-0.05, 0) is 57.0 Å². The Morgan fingerprint density at radius 3 is 2.69 bits per heavy atom. The van der Waals surface area contributed by atoms with Crippen LogP contribution in [0.4, 0.5) is 0 Å². The van der Waals surface area contributed by atoms with Crippen molar-refractivity contribution in [2.45, 2.75) is 43.7 Å². The van der Waals surface area contributed by atoms with Crippen LogP contribution in [0.2, 0.25) is 0 Å². The lowest BCUT2D eigenvalue weighted by Crippen LogP contribution is -2.42. The van der Waals surface area contributed by atoms with E-state index in [1.54, 1.807) is 22.6 Å². The van der Waals surface area contributed by atoms with Gasteiger partial charge in [-0.3, -0.25) is 4.68 Å². The Labute approximate surface area is 155 Å². The number of rotatable bonds is 5. The predicted octanol–water partition coefficient (Wildman–Crippen LogP) is 2.42. The number of aryl methyl sites for hydroxylation is 1. The van der Waals surface area contributed by atoms with Crippen molar-refractivity contribution >= 4 is 10.0 Å². The third-order valence-electron chi connectivity index (χ3n) is 5.54. The molecule has 0 saturated carbocycles. The summed E-state index contributed by atoms with van der Waals surface area (Å²) in [5, 5.41) is 4.47. The van der Waals surface area contributed by atoms with Crippen LogP contribution in [0, 0.1) is 6.92 Å². The van der Waals surface area contributed by atoms with E-state index in [4.69, 9.17) is 0 Å². The summed E-state index contributed by atoms with van der Waals surface area (Å²) in [6.45, 7) is 6.04. The van der Waals surface area contributed by atoms with Crippen molar-refractivity contribution in [2.24, 2.45) is 0 Å². The molecule has 3 heterocycles. The van der Waals surface area contributed by atoms with Gasteiger partial charge in [-0.2, -0.15) is 9.40 Å². The Morgan fingerprint density at radius 2 is 1.92 bits per heavy atom. The maximum Gasteiger partial charge on any atom is 0.243 e. The fourth-order valence-corrected chi connectivity index (χ4v) is 5.75. The predicted molar refractivity (Wildman–Crippen MR) is 100 cm³/mol. The molecule has 0 radical (unpaired) electrons. The van der Waals surface area contributed by atoms with E-state index in [1.807, 2.05) is 29.8 Å². The lowest BCUT2D eigenvalue weighted by Gasteiger charge is -2.34. The number of likely N-dealkylation sites (tertiary alicyclic amines) is 1. The third kappa shape index (κ3) is 3.31. The summed E-state index contributed by atoms with van der Waals surface area (Å²) in [6, 6.07) is 9.25. The third-order valence-corrected chi connectivity index (χ3v) is 7.51. The normalized spacial score (nSPS) is 21.8. The van der Waals surface area contributed by atoms with Crippen molar-refractivity contribution in [3.63, 3.8) is 0 Å². The molecule has 2 aliphatic rings. The molecule has 0 unspecified atom stereocenters. The van der Waals surface area contributed by atoms with Gasteiger partial charge < -0.3 is 4.90 Å². The molecule has 1 aromatic carbocycles. The molecule has 1 aromatic heterocycles. The van der Waals surface area contributed by atoms with Gasteiger partial charge in [-0.1, -0.05) is 18.2 Å². The van der Waals surface area contributed by atoms with Gasteiger partial charge in [0.05, 0.1) is 23.2 Å². The number of fused-ring (bicyclic) bond motifs is 1. The standard InChI is InChI=1S/C19H26N4O2S/c1-16-6-2-3-7-19(16)26(24,25)22-14-17-8-10-20-23(17)18(15-22)9-13-21-11-4-5-12-21/h2-3,6-8,10,18H,4-5,9,11-15H2,1H3/t18-/m0/s1. The highest BCUT2D eigenvalue weighted by Gasteiger charge is 2.34. The van der Waals surface area contributed by atoms with Crippen molar-refractivity contribution in [3.8, 4) is 0 Å². The van der Waals surface area contributed by atoms with Crippen LogP contribution in [-0.4, -0.2) is 53.6 Å². The van der Waals surface area contributed by atoms with Crippen LogP contribution < -0.4 is 0 Å². The molecule has 2 aliphatic heterocycles. The van der Waals surface area contributed by atoms with Crippen LogP contribution in [0.15, 0.2) is 41.4 Å². The maximum atomic E-state index is 13.2. The maximum absolute atomic E-state index is 13.2. The Balaban J connectivity index is 1.57.